The average Bonchev–Trinajstić information content (AvgIpc) is 2.92. The predicted octanol–water partition coefficient (Wildman–Crippen LogP) is 2.33. The third-order valence-electron chi connectivity index (χ3n) is 3.58. The minimum Gasteiger partial charge on any atom is -0.472 e. The van der Waals surface area contributed by atoms with Crippen LogP contribution in [0.3, 0.4) is 0 Å². The van der Waals surface area contributed by atoms with Crippen LogP contribution in [-0.4, -0.2) is 29.9 Å². The molecule has 1 amide bonds. The standard InChI is InChI=1S/C14H22N2O2/c1-11(13-6-9-18-10-13)15-12(2)14(17)16-7-4-3-5-8-16/h6,9-12,15H,3-5,7-8H2,1-2H3. The number of carbonyl (C=O) groups is 1. The summed E-state index contributed by atoms with van der Waals surface area (Å²) in [6.07, 6.45) is 6.89. The maximum absolute atomic E-state index is 12.2. The van der Waals surface area contributed by atoms with E-state index in [0.717, 1.165) is 31.5 Å². The van der Waals surface area contributed by atoms with E-state index in [2.05, 4.69) is 5.32 Å². The highest BCUT2D eigenvalue weighted by molar-refractivity contribution is 5.81. The number of hydrogen-bond donors (Lipinski definition) is 1. The number of rotatable bonds is 4. The number of furan rings is 1. The Hall–Kier alpha value is -1.29. The number of carbonyl (C=O) groups excluding carboxylic acids is 1. The van der Waals surface area contributed by atoms with Gasteiger partial charge in [0.1, 0.15) is 0 Å². The second-order valence-corrected chi connectivity index (χ2v) is 5.05. The summed E-state index contributed by atoms with van der Waals surface area (Å²) in [5.41, 5.74) is 1.08. The molecule has 1 N–H and O–H groups in total. The van der Waals surface area contributed by atoms with Gasteiger partial charge in [-0.25, -0.2) is 0 Å². The van der Waals surface area contributed by atoms with Crippen molar-refractivity contribution in [2.75, 3.05) is 13.1 Å². The third kappa shape index (κ3) is 3.13. The first-order valence-corrected chi connectivity index (χ1v) is 6.75. The van der Waals surface area contributed by atoms with Gasteiger partial charge in [0.2, 0.25) is 5.91 Å². The fourth-order valence-electron chi connectivity index (χ4n) is 2.45. The van der Waals surface area contributed by atoms with Crippen LogP contribution in [0.15, 0.2) is 23.0 Å². The van der Waals surface area contributed by atoms with Gasteiger partial charge in [0.25, 0.3) is 0 Å². The van der Waals surface area contributed by atoms with Crippen LogP contribution in [-0.2, 0) is 4.79 Å². The van der Waals surface area contributed by atoms with Crippen LogP contribution in [0.2, 0.25) is 0 Å². The molecule has 100 valence electrons. The molecule has 0 aliphatic carbocycles. The van der Waals surface area contributed by atoms with Gasteiger partial charge in [-0.15, -0.1) is 0 Å². The summed E-state index contributed by atoms with van der Waals surface area (Å²) in [5, 5.41) is 3.33. The minimum absolute atomic E-state index is 0.132. The van der Waals surface area contributed by atoms with Gasteiger partial charge in [-0.1, -0.05) is 0 Å². The summed E-state index contributed by atoms with van der Waals surface area (Å²) < 4.78 is 5.06. The Kier molecular flexibility index (Phi) is 4.42. The van der Waals surface area contributed by atoms with Gasteiger partial charge in [-0.05, 0) is 39.2 Å². The Labute approximate surface area is 108 Å². The van der Waals surface area contributed by atoms with E-state index in [4.69, 9.17) is 4.42 Å². The predicted molar refractivity (Wildman–Crippen MR) is 70.2 cm³/mol. The number of nitrogens with one attached hydrogen (secondary N) is 1. The summed E-state index contributed by atoms with van der Waals surface area (Å²) >= 11 is 0. The molecule has 1 fully saturated rings. The van der Waals surface area contributed by atoms with Crippen molar-refractivity contribution in [1.82, 2.24) is 10.2 Å². The van der Waals surface area contributed by atoms with Crippen molar-refractivity contribution < 1.29 is 9.21 Å². The van der Waals surface area contributed by atoms with Gasteiger partial charge < -0.3 is 9.32 Å². The van der Waals surface area contributed by atoms with Crippen LogP contribution in [0.5, 0.6) is 0 Å². The molecule has 1 aromatic heterocycles. The molecule has 0 aromatic carbocycles. The summed E-state index contributed by atoms with van der Waals surface area (Å²) in [5.74, 6) is 0.213. The maximum atomic E-state index is 12.2. The molecule has 2 heterocycles. The molecular weight excluding hydrogens is 228 g/mol. The van der Waals surface area contributed by atoms with Crippen LogP contribution in [0.4, 0.5) is 0 Å². The van der Waals surface area contributed by atoms with Gasteiger partial charge in [0.15, 0.2) is 0 Å². The van der Waals surface area contributed by atoms with Gasteiger partial charge in [0, 0.05) is 24.7 Å². The van der Waals surface area contributed by atoms with E-state index in [-0.39, 0.29) is 18.0 Å². The van der Waals surface area contributed by atoms with E-state index in [1.165, 1.54) is 6.42 Å². The number of nitrogens with zero attached hydrogens (tertiary/aromatic N) is 1. The highest BCUT2D eigenvalue weighted by atomic mass is 16.3. The average molecular weight is 250 g/mol. The first-order chi connectivity index (χ1) is 8.68. The van der Waals surface area contributed by atoms with E-state index in [9.17, 15) is 4.79 Å². The highest BCUT2D eigenvalue weighted by Crippen LogP contribution is 2.15. The quantitative estimate of drug-likeness (QED) is 0.892. The Morgan fingerprint density at radius 1 is 1.33 bits per heavy atom. The Balaban J connectivity index is 1.86. The number of amides is 1. The van der Waals surface area contributed by atoms with Gasteiger partial charge in [0.05, 0.1) is 18.6 Å². The molecule has 0 radical (unpaired) electrons. The molecule has 1 aliphatic rings. The lowest BCUT2D eigenvalue weighted by Crippen LogP contribution is -2.47. The van der Waals surface area contributed by atoms with Gasteiger partial charge >= 0.3 is 0 Å². The zero-order valence-electron chi connectivity index (χ0n) is 11.2. The normalized spacial score (nSPS) is 19.6. The first-order valence-electron chi connectivity index (χ1n) is 6.75. The van der Waals surface area contributed by atoms with Crippen molar-refractivity contribution in [2.24, 2.45) is 0 Å². The van der Waals surface area contributed by atoms with Crippen molar-refractivity contribution in [2.45, 2.75) is 45.2 Å². The molecule has 0 saturated carbocycles. The van der Waals surface area contributed by atoms with Crippen molar-refractivity contribution in [3.63, 3.8) is 0 Å². The molecule has 1 aromatic rings. The highest BCUT2D eigenvalue weighted by Gasteiger charge is 2.23. The third-order valence-corrected chi connectivity index (χ3v) is 3.58. The fraction of sp³-hybridized carbons (Fsp3) is 0.643. The van der Waals surface area contributed by atoms with Crippen LogP contribution in [0.1, 0.15) is 44.7 Å². The van der Waals surface area contributed by atoms with Gasteiger partial charge in [-0.2, -0.15) is 0 Å². The maximum Gasteiger partial charge on any atom is 0.239 e. The van der Waals surface area contributed by atoms with Crippen LogP contribution in [0.25, 0.3) is 0 Å². The molecule has 4 heteroatoms. The molecule has 1 saturated heterocycles. The smallest absolute Gasteiger partial charge is 0.239 e. The number of hydrogen-bond acceptors (Lipinski definition) is 3. The lowest BCUT2D eigenvalue weighted by Gasteiger charge is -2.30. The molecule has 18 heavy (non-hydrogen) atoms. The molecule has 0 bridgehead atoms. The first kappa shape index (κ1) is 13.1. The Morgan fingerprint density at radius 2 is 2.06 bits per heavy atom. The summed E-state index contributed by atoms with van der Waals surface area (Å²) in [7, 11) is 0. The largest absolute Gasteiger partial charge is 0.472 e. The molecule has 2 unspecified atom stereocenters. The van der Waals surface area contributed by atoms with E-state index in [0.29, 0.717) is 0 Å². The van der Waals surface area contributed by atoms with E-state index in [1.54, 1.807) is 12.5 Å². The number of likely N-dealkylation sites (tertiary alicyclic amines) is 1. The van der Waals surface area contributed by atoms with E-state index >= 15 is 0 Å². The fourth-order valence-corrected chi connectivity index (χ4v) is 2.45. The molecule has 4 nitrogen and oxygen atoms in total. The van der Waals surface area contributed by atoms with Crippen molar-refractivity contribution >= 4 is 5.91 Å². The minimum atomic E-state index is -0.145. The van der Waals surface area contributed by atoms with Crippen LogP contribution >= 0.6 is 0 Å². The summed E-state index contributed by atoms with van der Waals surface area (Å²) in [6, 6.07) is 1.91. The van der Waals surface area contributed by atoms with E-state index in [1.807, 2.05) is 24.8 Å². The van der Waals surface area contributed by atoms with E-state index < -0.39 is 0 Å². The van der Waals surface area contributed by atoms with Crippen molar-refractivity contribution in [3.05, 3.63) is 24.2 Å². The monoisotopic (exact) mass is 250 g/mol. The van der Waals surface area contributed by atoms with Crippen molar-refractivity contribution in [1.29, 1.82) is 0 Å². The van der Waals surface area contributed by atoms with Crippen LogP contribution < -0.4 is 5.32 Å². The van der Waals surface area contributed by atoms with Crippen LogP contribution in [0, 0.1) is 0 Å². The van der Waals surface area contributed by atoms with Crippen molar-refractivity contribution in [3.8, 4) is 0 Å². The summed E-state index contributed by atoms with van der Waals surface area (Å²) in [4.78, 5) is 14.2. The Morgan fingerprint density at radius 3 is 2.67 bits per heavy atom. The molecular formula is C14H22N2O2. The molecule has 1 aliphatic heterocycles. The second-order valence-electron chi connectivity index (χ2n) is 5.05. The Bertz CT molecular complexity index is 369. The second kappa shape index (κ2) is 6.05. The van der Waals surface area contributed by atoms with Gasteiger partial charge in [-0.3, -0.25) is 10.1 Å². The topological polar surface area (TPSA) is 45.5 Å². The number of piperidine rings is 1. The molecule has 2 rings (SSSR count). The zero-order chi connectivity index (χ0) is 13.0. The lowest BCUT2D eigenvalue weighted by atomic mass is 10.1. The zero-order valence-corrected chi connectivity index (χ0v) is 11.2. The SMILES string of the molecule is CC(NC(C)c1ccoc1)C(=O)N1CCCCC1. The molecule has 2 atom stereocenters. The lowest BCUT2D eigenvalue weighted by molar-refractivity contribution is -0.134. The molecule has 0 spiro atoms. The summed E-state index contributed by atoms with van der Waals surface area (Å²) in [6.45, 7) is 5.80.